The summed E-state index contributed by atoms with van der Waals surface area (Å²) in [7, 11) is 0. The number of nitrogens with one attached hydrogen (secondary N) is 2. The van der Waals surface area contributed by atoms with Gasteiger partial charge in [0.2, 0.25) is 5.91 Å². The molecule has 2 N–H and O–H groups in total. The number of hydrogen-bond acceptors (Lipinski definition) is 3. The van der Waals surface area contributed by atoms with Gasteiger partial charge in [-0.2, -0.15) is 5.10 Å². The Balaban J connectivity index is 1.34. The second-order valence-corrected chi connectivity index (χ2v) is 8.69. The second-order valence-electron chi connectivity index (χ2n) is 8.29. The van der Waals surface area contributed by atoms with Crippen molar-refractivity contribution in [3.63, 3.8) is 0 Å². The highest BCUT2D eigenvalue weighted by Crippen LogP contribution is 2.29. The maximum absolute atomic E-state index is 13.1. The van der Waals surface area contributed by atoms with Crippen LogP contribution in [0.4, 0.5) is 5.69 Å². The van der Waals surface area contributed by atoms with Crippen LogP contribution in [-0.4, -0.2) is 21.6 Å². The van der Waals surface area contributed by atoms with Crippen molar-refractivity contribution in [1.29, 1.82) is 0 Å². The first-order valence-corrected chi connectivity index (χ1v) is 11.3. The van der Waals surface area contributed by atoms with Crippen molar-refractivity contribution in [2.75, 3.05) is 5.32 Å². The first-order chi connectivity index (χ1) is 16.1. The summed E-state index contributed by atoms with van der Waals surface area (Å²) in [5.74, 6) is -0.0998. The van der Waals surface area contributed by atoms with Crippen LogP contribution in [0.25, 0.3) is 10.9 Å². The molecule has 5 rings (SSSR count). The molecule has 1 aliphatic rings. The first-order valence-electron chi connectivity index (χ1n) is 10.9. The Morgan fingerprint density at radius 2 is 1.82 bits per heavy atom. The number of rotatable bonds is 7. The molecule has 0 unspecified atom stereocenters. The van der Waals surface area contributed by atoms with E-state index in [1.54, 1.807) is 18.3 Å². The Morgan fingerprint density at radius 1 is 1.00 bits per heavy atom. The highest BCUT2D eigenvalue weighted by Gasteiger charge is 2.29. The molecule has 7 heteroatoms. The largest absolute Gasteiger partial charge is 0.352 e. The van der Waals surface area contributed by atoms with E-state index in [2.05, 4.69) is 27.9 Å². The third-order valence-corrected chi connectivity index (χ3v) is 6.13. The number of hydrogen-bond donors (Lipinski definition) is 2. The van der Waals surface area contributed by atoms with E-state index in [-0.39, 0.29) is 17.7 Å². The van der Waals surface area contributed by atoms with Crippen molar-refractivity contribution in [2.45, 2.75) is 25.9 Å². The fraction of sp³-hybridized carbons (Fsp3) is 0.192. The second kappa shape index (κ2) is 9.08. The Labute approximate surface area is 196 Å². The number of nitrogens with zero attached hydrogens (tertiary/aromatic N) is 2. The molecule has 2 amide bonds. The van der Waals surface area contributed by atoms with E-state index in [0.717, 1.165) is 34.9 Å². The van der Waals surface area contributed by atoms with Crippen LogP contribution in [0, 0.1) is 5.92 Å². The number of carbonyl (C=O) groups excluding carboxylic acids is 2. The van der Waals surface area contributed by atoms with Crippen LogP contribution in [0.2, 0.25) is 5.02 Å². The zero-order valence-electron chi connectivity index (χ0n) is 17.9. The zero-order valence-corrected chi connectivity index (χ0v) is 18.7. The van der Waals surface area contributed by atoms with Gasteiger partial charge in [-0.15, -0.1) is 0 Å². The van der Waals surface area contributed by atoms with Crippen molar-refractivity contribution in [1.82, 2.24) is 15.1 Å². The summed E-state index contributed by atoms with van der Waals surface area (Å²) in [4.78, 5) is 25.0. The van der Waals surface area contributed by atoms with E-state index >= 15 is 0 Å². The van der Waals surface area contributed by atoms with Gasteiger partial charge in [-0.25, -0.2) is 0 Å². The number of anilines is 1. The lowest BCUT2D eigenvalue weighted by atomic mass is 10.1. The molecule has 0 radical (unpaired) electrons. The standard InChI is InChI=1S/C26H23ClN4O2/c27-22-12-9-18(14-28-25(32)19-10-11-19)13-20(22)26(33)30-23-7-4-8-24-21(23)15-29-31(24)16-17-5-2-1-3-6-17/h1-9,12-13,15,19H,10-11,14,16H2,(H,28,32)(H,30,33). The third kappa shape index (κ3) is 4.76. The van der Waals surface area contributed by atoms with Crippen molar-refractivity contribution in [3.8, 4) is 0 Å². The minimum atomic E-state index is -0.307. The van der Waals surface area contributed by atoms with E-state index in [0.29, 0.717) is 29.4 Å². The Bertz CT molecular complexity index is 1330. The van der Waals surface area contributed by atoms with Gasteiger partial charge in [0.15, 0.2) is 0 Å². The van der Waals surface area contributed by atoms with Gasteiger partial charge in [0, 0.05) is 17.8 Å². The Morgan fingerprint density at radius 3 is 2.61 bits per heavy atom. The summed E-state index contributed by atoms with van der Waals surface area (Å²) in [6, 6.07) is 21.1. The summed E-state index contributed by atoms with van der Waals surface area (Å²) in [5, 5.41) is 11.6. The van der Waals surface area contributed by atoms with Crippen LogP contribution in [0.1, 0.15) is 34.3 Å². The first kappa shape index (κ1) is 21.2. The molecular formula is C26H23ClN4O2. The van der Waals surface area contributed by atoms with E-state index in [9.17, 15) is 9.59 Å². The number of carbonyl (C=O) groups is 2. The summed E-state index contributed by atoms with van der Waals surface area (Å²) in [6.07, 6.45) is 3.67. The highest BCUT2D eigenvalue weighted by molar-refractivity contribution is 6.34. The molecule has 0 saturated heterocycles. The minimum absolute atomic E-state index is 0.0649. The third-order valence-electron chi connectivity index (χ3n) is 5.80. The van der Waals surface area contributed by atoms with Crippen molar-refractivity contribution >= 4 is 40.0 Å². The predicted octanol–water partition coefficient (Wildman–Crippen LogP) is 5.02. The van der Waals surface area contributed by atoms with Crippen LogP contribution >= 0.6 is 11.6 Å². The van der Waals surface area contributed by atoms with Gasteiger partial charge >= 0.3 is 0 Å². The summed E-state index contributed by atoms with van der Waals surface area (Å²) in [6.45, 7) is 1.01. The average molecular weight is 459 g/mol. The minimum Gasteiger partial charge on any atom is -0.352 e. The summed E-state index contributed by atoms with van der Waals surface area (Å²) >= 11 is 6.33. The maximum atomic E-state index is 13.1. The van der Waals surface area contributed by atoms with Crippen LogP contribution in [0.3, 0.4) is 0 Å². The van der Waals surface area contributed by atoms with Crippen LogP contribution in [0.5, 0.6) is 0 Å². The SMILES string of the molecule is O=C(Nc1cccc2c1cnn2Cc1ccccc1)c1cc(CNC(=O)C2CC2)ccc1Cl. The van der Waals surface area contributed by atoms with Gasteiger partial charge in [0.05, 0.1) is 34.5 Å². The molecule has 0 atom stereocenters. The molecular weight excluding hydrogens is 436 g/mol. The van der Waals surface area contributed by atoms with Gasteiger partial charge in [-0.3, -0.25) is 14.3 Å². The van der Waals surface area contributed by atoms with Gasteiger partial charge in [0.25, 0.3) is 5.91 Å². The molecule has 1 aromatic heterocycles. The van der Waals surface area contributed by atoms with Crippen LogP contribution < -0.4 is 10.6 Å². The molecule has 166 valence electrons. The molecule has 6 nitrogen and oxygen atoms in total. The smallest absolute Gasteiger partial charge is 0.257 e. The highest BCUT2D eigenvalue weighted by atomic mass is 35.5. The predicted molar refractivity (Wildman–Crippen MR) is 129 cm³/mol. The fourth-order valence-electron chi connectivity index (χ4n) is 3.82. The van der Waals surface area contributed by atoms with E-state index in [1.165, 1.54) is 0 Å². The van der Waals surface area contributed by atoms with E-state index in [4.69, 9.17) is 11.6 Å². The molecule has 0 spiro atoms. The van der Waals surface area contributed by atoms with Gasteiger partial charge in [0.1, 0.15) is 0 Å². The summed E-state index contributed by atoms with van der Waals surface area (Å²) in [5.41, 5.74) is 3.94. The molecule has 33 heavy (non-hydrogen) atoms. The Hall–Kier alpha value is -3.64. The van der Waals surface area contributed by atoms with Crippen molar-refractivity contribution in [2.24, 2.45) is 5.92 Å². The lowest BCUT2D eigenvalue weighted by molar-refractivity contribution is -0.122. The normalized spacial score (nSPS) is 13.1. The summed E-state index contributed by atoms with van der Waals surface area (Å²) < 4.78 is 1.91. The Kier molecular flexibility index (Phi) is 5.84. The molecule has 4 aromatic rings. The number of fused-ring (bicyclic) bond motifs is 1. The number of aromatic nitrogens is 2. The number of benzene rings is 3. The lowest BCUT2D eigenvalue weighted by Gasteiger charge is -2.11. The van der Waals surface area contributed by atoms with Crippen LogP contribution in [0.15, 0.2) is 72.9 Å². The van der Waals surface area contributed by atoms with E-state index in [1.807, 2.05) is 47.1 Å². The van der Waals surface area contributed by atoms with Gasteiger partial charge in [-0.05, 0) is 48.2 Å². The molecule has 0 aliphatic heterocycles. The molecule has 1 heterocycles. The molecule has 1 saturated carbocycles. The van der Waals surface area contributed by atoms with Crippen molar-refractivity contribution in [3.05, 3.63) is 94.6 Å². The molecule has 3 aromatic carbocycles. The van der Waals surface area contributed by atoms with E-state index < -0.39 is 0 Å². The van der Waals surface area contributed by atoms with Crippen LogP contribution in [-0.2, 0) is 17.9 Å². The average Bonchev–Trinajstić information content (AvgIpc) is 3.61. The molecule has 0 bridgehead atoms. The lowest BCUT2D eigenvalue weighted by Crippen LogP contribution is -2.24. The number of halogens is 1. The fourth-order valence-corrected chi connectivity index (χ4v) is 4.02. The molecule has 1 fully saturated rings. The van der Waals surface area contributed by atoms with Gasteiger partial charge in [-0.1, -0.05) is 54.1 Å². The topological polar surface area (TPSA) is 76.0 Å². The van der Waals surface area contributed by atoms with Crippen molar-refractivity contribution < 1.29 is 9.59 Å². The number of amides is 2. The molecule has 1 aliphatic carbocycles. The maximum Gasteiger partial charge on any atom is 0.257 e. The zero-order chi connectivity index (χ0) is 22.8. The monoisotopic (exact) mass is 458 g/mol. The van der Waals surface area contributed by atoms with Gasteiger partial charge < -0.3 is 10.6 Å². The quantitative estimate of drug-likeness (QED) is 0.408.